The predicted molar refractivity (Wildman–Crippen MR) is 88.3 cm³/mol. The van der Waals surface area contributed by atoms with Gasteiger partial charge in [0.1, 0.15) is 12.1 Å². The van der Waals surface area contributed by atoms with Crippen molar-refractivity contribution in [3.05, 3.63) is 24.2 Å². The Kier molecular flexibility index (Phi) is 4.17. The highest BCUT2D eigenvalue weighted by Crippen LogP contribution is 2.37. The third kappa shape index (κ3) is 3.32. The summed E-state index contributed by atoms with van der Waals surface area (Å²) < 4.78 is 7.87. The van der Waals surface area contributed by atoms with Gasteiger partial charge in [-0.1, -0.05) is 0 Å². The molecule has 0 radical (unpaired) electrons. The Bertz CT molecular complexity index is 661. The van der Waals surface area contributed by atoms with E-state index in [-0.39, 0.29) is 0 Å². The molecular weight excluding hydrogens is 310 g/mol. The fourth-order valence-electron chi connectivity index (χ4n) is 3.71. The Morgan fingerprint density at radius 1 is 1.39 bits per heavy atom. The molecule has 2 aliphatic rings. The van der Waals surface area contributed by atoms with Crippen LogP contribution < -0.4 is 5.32 Å². The number of likely N-dealkylation sites (tertiary alicyclic amines) is 1. The zero-order valence-electron chi connectivity index (χ0n) is 13.5. The Morgan fingerprint density at radius 3 is 3.13 bits per heavy atom. The maximum atomic E-state index is 5.97. The summed E-state index contributed by atoms with van der Waals surface area (Å²) in [5, 5.41) is 13.3. The number of nitrogens with one attached hydrogen (secondary N) is 1. The first kappa shape index (κ1) is 15.2. The molecule has 7 heteroatoms. The van der Waals surface area contributed by atoms with Crippen LogP contribution in [-0.4, -0.2) is 45.8 Å². The normalized spacial score (nSPS) is 25.4. The molecule has 4 heterocycles. The molecule has 2 aliphatic heterocycles. The maximum Gasteiger partial charge on any atom is 0.198 e. The first-order valence-corrected chi connectivity index (χ1v) is 9.08. The number of nitrogens with zero attached hydrogens (tertiary/aromatic N) is 4. The van der Waals surface area contributed by atoms with Gasteiger partial charge in [0.15, 0.2) is 10.2 Å². The summed E-state index contributed by atoms with van der Waals surface area (Å²) >= 11 is 1.52. The Hall–Kier alpha value is -1.31. The Labute approximate surface area is 140 Å². The van der Waals surface area contributed by atoms with Crippen LogP contribution in [0.1, 0.15) is 25.0 Å². The fourth-order valence-corrected chi connectivity index (χ4v) is 4.46. The van der Waals surface area contributed by atoms with Crippen molar-refractivity contribution < 1.29 is 4.42 Å². The highest BCUT2D eigenvalue weighted by molar-refractivity contribution is 7.99. The van der Waals surface area contributed by atoms with Crippen molar-refractivity contribution in [2.24, 2.45) is 12.5 Å². The molecule has 0 aliphatic carbocycles. The molecule has 4 rings (SSSR count). The number of hydrogen-bond donors (Lipinski definition) is 1. The van der Waals surface area contributed by atoms with Crippen molar-refractivity contribution in [1.29, 1.82) is 0 Å². The van der Waals surface area contributed by atoms with Gasteiger partial charge in [0.05, 0.1) is 6.54 Å². The topological polar surface area (TPSA) is 59.1 Å². The average molecular weight is 333 g/mol. The van der Waals surface area contributed by atoms with Gasteiger partial charge in [-0.15, -0.1) is 10.2 Å². The molecule has 1 N–H and O–H groups in total. The summed E-state index contributed by atoms with van der Waals surface area (Å²) in [7, 11) is 1.94. The average Bonchev–Trinajstić information content (AvgIpc) is 3.25. The van der Waals surface area contributed by atoms with Crippen molar-refractivity contribution in [2.45, 2.75) is 36.1 Å². The second-order valence-corrected chi connectivity index (χ2v) is 7.76. The van der Waals surface area contributed by atoms with E-state index in [9.17, 15) is 0 Å². The lowest BCUT2D eigenvalue weighted by atomic mass is 9.80. The summed E-state index contributed by atoms with van der Waals surface area (Å²) in [6.07, 6.45) is 5.68. The summed E-state index contributed by atoms with van der Waals surface area (Å²) in [6, 6.07) is 4.12. The van der Waals surface area contributed by atoms with Gasteiger partial charge < -0.3 is 14.3 Å². The Balaban J connectivity index is 1.36. The van der Waals surface area contributed by atoms with Crippen LogP contribution in [0.5, 0.6) is 0 Å². The maximum absolute atomic E-state index is 5.97. The van der Waals surface area contributed by atoms with Crippen molar-refractivity contribution >= 4 is 11.8 Å². The summed E-state index contributed by atoms with van der Waals surface area (Å²) in [6.45, 7) is 5.62. The van der Waals surface area contributed by atoms with E-state index in [1.165, 1.54) is 57.2 Å². The van der Waals surface area contributed by atoms with E-state index in [0.717, 1.165) is 22.6 Å². The SMILES string of the molecule is Cn1cnnc1Sc1ccc(CN2CCC3(CCCNC3)C2)o1. The largest absolute Gasteiger partial charge is 0.453 e. The molecular formula is C16H23N5OS. The molecule has 2 saturated heterocycles. The zero-order chi connectivity index (χ0) is 15.7. The van der Waals surface area contributed by atoms with Gasteiger partial charge in [0.25, 0.3) is 0 Å². The van der Waals surface area contributed by atoms with E-state index in [0.29, 0.717) is 5.41 Å². The second-order valence-electron chi connectivity index (χ2n) is 6.79. The standard InChI is InChI=1S/C16H23N5OS/c1-20-12-18-19-15(20)23-14-4-3-13(22-14)9-21-8-6-16(11-21)5-2-7-17-10-16/h3-4,12,17H,2,5-11H2,1H3. The molecule has 124 valence electrons. The van der Waals surface area contributed by atoms with Crippen molar-refractivity contribution in [3.63, 3.8) is 0 Å². The molecule has 1 atom stereocenters. The monoisotopic (exact) mass is 333 g/mol. The summed E-state index contributed by atoms with van der Waals surface area (Å²) in [5.74, 6) is 1.04. The van der Waals surface area contributed by atoms with Crippen LogP contribution in [-0.2, 0) is 13.6 Å². The van der Waals surface area contributed by atoms with E-state index in [4.69, 9.17) is 4.42 Å². The minimum absolute atomic E-state index is 0.501. The molecule has 2 fully saturated rings. The molecule has 2 aromatic rings. The number of hydrogen-bond acceptors (Lipinski definition) is 6. The molecule has 0 aromatic carbocycles. The van der Waals surface area contributed by atoms with Gasteiger partial charge in [0, 0.05) is 20.1 Å². The van der Waals surface area contributed by atoms with Crippen LogP contribution in [0.15, 0.2) is 33.1 Å². The lowest BCUT2D eigenvalue weighted by Crippen LogP contribution is -2.41. The molecule has 0 bridgehead atoms. The highest BCUT2D eigenvalue weighted by atomic mass is 32.2. The van der Waals surface area contributed by atoms with E-state index in [2.05, 4.69) is 26.5 Å². The van der Waals surface area contributed by atoms with Gasteiger partial charge in [-0.3, -0.25) is 4.90 Å². The van der Waals surface area contributed by atoms with Crippen LogP contribution in [0, 0.1) is 5.41 Å². The number of furan rings is 1. The van der Waals surface area contributed by atoms with Crippen molar-refractivity contribution in [1.82, 2.24) is 25.0 Å². The smallest absolute Gasteiger partial charge is 0.198 e. The van der Waals surface area contributed by atoms with Crippen LogP contribution in [0.25, 0.3) is 0 Å². The number of aryl methyl sites for hydroxylation is 1. The highest BCUT2D eigenvalue weighted by Gasteiger charge is 2.38. The molecule has 0 saturated carbocycles. The molecule has 2 aromatic heterocycles. The van der Waals surface area contributed by atoms with Crippen LogP contribution >= 0.6 is 11.8 Å². The number of rotatable bonds is 4. The lowest BCUT2D eigenvalue weighted by molar-refractivity contribution is 0.192. The lowest BCUT2D eigenvalue weighted by Gasteiger charge is -2.33. The van der Waals surface area contributed by atoms with Gasteiger partial charge in [-0.2, -0.15) is 0 Å². The molecule has 6 nitrogen and oxygen atoms in total. The minimum Gasteiger partial charge on any atom is -0.453 e. The Morgan fingerprint density at radius 2 is 2.35 bits per heavy atom. The number of aromatic nitrogens is 3. The molecule has 23 heavy (non-hydrogen) atoms. The zero-order valence-corrected chi connectivity index (χ0v) is 14.3. The second kappa shape index (κ2) is 6.30. The fraction of sp³-hybridized carbons (Fsp3) is 0.625. The third-order valence-electron chi connectivity index (χ3n) is 4.96. The van der Waals surface area contributed by atoms with Crippen LogP contribution in [0.4, 0.5) is 0 Å². The molecule has 1 unspecified atom stereocenters. The quantitative estimate of drug-likeness (QED) is 0.925. The van der Waals surface area contributed by atoms with Crippen LogP contribution in [0.3, 0.4) is 0 Å². The first-order chi connectivity index (χ1) is 11.2. The van der Waals surface area contributed by atoms with Gasteiger partial charge in [-0.05, 0) is 61.7 Å². The number of piperidine rings is 1. The van der Waals surface area contributed by atoms with Crippen LogP contribution in [0.2, 0.25) is 0 Å². The van der Waals surface area contributed by atoms with E-state index in [1.54, 1.807) is 6.33 Å². The van der Waals surface area contributed by atoms with Crippen molar-refractivity contribution in [3.8, 4) is 0 Å². The van der Waals surface area contributed by atoms with Gasteiger partial charge in [0.2, 0.25) is 0 Å². The predicted octanol–water partition coefficient (Wildman–Crippen LogP) is 2.13. The van der Waals surface area contributed by atoms with Gasteiger partial charge >= 0.3 is 0 Å². The van der Waals surface area contributed by atoms with Gasteiger partial charge in [-0.25, -0.2) is 0 Å². The van der Waals surface area contributed by atoms with E-state index in [1.807, 2.05) is 17.7 Å². The first-order valence-electron chi connectivity index (χ1n) is 8.26. The van der Waals surface area contributed by atoms with Crippen molar-refractivity contribution in [2.75, 3.05) is 26.2 Å². The van der Waals surface area contributed by atoms with E-state index >= 15 is 0 Å². The molecule has 0 amide bonds. The molecule has 1 spiro atoms. The summed E-state index contributed by atoms with van der Waals surface area (Å²) in [4.78, 5) is 2.53. The van der Waals surface area contributed by atoms with E-state index < -0.39 is 0 Å². The summed E-state index contributed by atoms with van der Waals surface area (Å²) in [5.41, 5.74) is 0.501. The third-order valence-corrected chi connectivity index (χ3v) is 5.93. The minimum atomic E-state index is 0.501.